The van der Waals surface area contributed by atoms with Gasteiger partial charge in [-0.25, -0.2) is 0 Å². The molecular weight excluding hydrogens is 284 g/mol. The van der Waals surface area contributed by atoms with Gasteiger partial charge in [0.25, 0.3) is 5.91 Å². The Bertz CT molecular complexity index is 669. The number of nitrogens with one attached hydrogen (secondary N) is 1. The molecule has 1 amide bonds. The van der Waals surface area contributed by atoms with Crippen LogP contribution in [0, 0.1) is 12.3 Å². The van der Waals surface area contributed by atoms with Gasteiger partial charge in [-0.05, 0) is 35.6 Å². The molecule has 0 aliphatic carbocycles. The predicted octanol–water partition coefficient (Wildman–Crippen LogP) is 3.97. The van der Waals surface area contributed by atoms with Crippen molar-refractivity contribution in [1.29, 1.82) is 0 Å². The van der Waals surface area contributed by atoms with Gasteiger partial charge >= 0.3 is 0 Å². The van der Waals surface area contributed by atoms with E-state index in [0.29, 0.717) is 12.1 Å². The molecule has 23 heavy (non-hydrogen) atoms. The first-order valence-electron chi connectivity index (χ1n) is 7.97. The monoisotopic (exact) mass is 310 g/mol. The number of rotatable bonds is 4. The van der Waals surface area contributed by atoms with Crippen LogP contribution >= 0.6 is 0 Å². The van der Waals surface area contributed by atoms with Crippen molar-refractivity contribution in [2.45, 2.75) is 40.3 Å². The lowest BCUT2D eigenvalue weighted by atomic mass is 9.82. The first-order valence-corrected chi connectivity index (χ1v) is 7.97. The molecule has 3 nitrogen and oxygen atoms in total. The molecule has 122 valence electrons. The van der Waals surface area contributed by atoms with Crippen molar-refractivity contribution in [3.8, 4) is 0 Å². The van der Waals surface area contributed by atoms with Gasteiger partial charge in [0.1, 0.15) is 0 Å². The fourth-order valence-corrected chi connectivity index (χ4v) is 2.66. The number of amides is 1. The number of aryl methyl sites for hydroxylation is 1. The Labute approximate surface area is 138 Å². The van der Waals surface area contributed by atoms with Crippen LogP contribution in [0.3, 0.4) is 0 Å². The fourth-order valence-electron chi connectivity index (χ4n) is 2.66. The first-order chi connectivity index (χ1) is 10.8. The summed E-state index contributed by atoms with van der Waals surface area (Å²) in [7, 11) is 0. The molecule has 3 heteroatoms. The zero-order valence-electron chi connectivity index (χ0n) is 14.4. The average molecular weight is 310 g/mol. The van der Waals surface area contributed by atoms with Gasteiger partial charge in [0.05, 0.1) is 6.04 Å². The molecule has 2 rings (SSSR count). The van der Waals surface area contributed by atoms with E-state index in [-0.39, 0.29) is 17.4 Å². The zero-order valence-corrected chi connectivity index (χ0v) is 14.4. The summed E-state index contributed by atoms with van der Waals surface area (Å²) in [6, 6.07) is 15.7. The molecule has 0 fully saturated rings. The highest BCUT2D eigenvalue weighted by Gasteiger charge is 2.28. The Hall–Kier alpha value is -2.13. The lowest BCUT2D eigenvalue weighted by Crippen LogP contribution is -2.36. The highest BCUT2D eigenvalue weighted by atomic mass is 16.1. The van der Waals surface area contributed by atoms with Crippen LogP contribution in [0.15, 0.2) is 48.5 Å². The van der Waals surface area contributed by atoms with Gasteiger partial charge in [-0.15, -0.1) is 0 Å². The van der Waals surface area contributed by atoms with Crippen LogP contribution in [0.4, 0.5) is 0 Å². The van der Waals surface area contributed by atoms with Crippen molar-refractivity contribution in [1.82, 2.24) is 5.32 Å². The molecular formula is C20H26N2O. The number of hydrogen-bond acceptors (Lipinski definition) is 2. The molecule has 3 N–H and O–H groups in total. The summed E-state index contributed by atoms with van der Waals surface area (Å²) in [6.45, 7) is 8.96. The molecule has 1 atom stereocenters. The smallest absolute Gasteiger partial charge is 0.251 e. The summed E-state index contributed by atoms with van der Waals surface area (Å²) < 4.78 is 0. The van der Waals surface area contributed by atoms with Gasteiger partial charge in [0.2, 0.25) is 0 Å². The van der Waals surface area contributed by atoms with Gasteiger partial charge in [0, 0.05) is 12.1 Å². The number of hydrogen-bond donors (Lipinski definition) is 2. The molecule has 0 radical (unpaired) electrons. The van der Waals surface area contributed by atoms with Crippen LogP contribution in [-0.2, 0) is 6.54 Å². The molecule has 0 spiro atoms. The van der Waals surface area contributed by atoms with Gasteiger partial charge in [-0.2, -0.15) is 0 Å². The molecule has 0 saturated carbocycles. The van der Waals surface area contributed by atoms with Crippen molar-refractivity contribution >= 4 is 5.91 Å². The Morgan fingerprint density at radius 3 is 2.30 bits per heavy atom. The molecule has 0 saturated heterocycles. The van der Waals surface area contributed by atoms with Crippen LogP contribution in [0.2, 0.25) is 0 Å². The second-order valence-corrected chi connectivity index (χ2v) is 7.09. The number of benzene rings is 2. The minimum absolute atomic E-state index is 0.0518. The molecule has 0 aliphatic rings. The topological polar surface area (TPSA) is 55.1 Å². The largest absolute Gasteiger partial charge is 0.345 e. The Morgan fingerprint density at radius 1 is 1.13 bits per heavy atom. The van der Waals surface area contributed by atoms with Crippen LogP contribution < -0.4 is 11.1 Å². The Kier molecular flexibility index (Phi) is 5.22. The van der Waals surface area contributed by atoms with E-state index in [9.17, 15) is 4.79 Å². The summed E-state index contributed by atoms with van der Waals surface area (Å²) in [5, 5.41) is 3.18. The van der Waals surface area contributed by atoms with E-state index in [1.165, 1.54) is 5.56 Å². The summed E-state index contributed by atoms with van der Waals surface area (Å²) in [5.41, 5.74) is 9.52. The van der Waals surface area contributed by atoms with E-state index < -0.39 is 0 Å². The van der Waals surface area contributed by atoms with Gasteiger partial charge in [0.15, 0.2) is 0 Å². The van der Waals surface area contributed by atoms with E-state index >= 15 is 0 Å². The van der Waals surface area contributed by atoms with E-state index in [4.69, 9.17) is 5.73 Å². The summed E-state index contributed by atoms with van der Waals surface area (Å²) in [6.07, 6.45) is 0. The zero-order chi connectivity index (χ0) is 17.0. The van der Waals surface area contributed by atoms with Crippen molar-refractivity contribution in [2.75, 3.05) is 0 Å². The summed E-state index contributed by atoms with van der Waals surface area (Å²) in [5.74, 6) is -0.0602. The van der Waals surface area contributed by atoms with Crippen molar-refractivity contribution in [2.24, 2.45) is 11.1 Å². The molecule has 1 unspecified atom stereocenters. The van der Waals surface area contributed by atoms with E-state index in [2.05, 4.69) is 51.2 Å². The fraction of sp³-hybridized carbons (Fsp3) is 0.350. The van der Waals surface area contributed by atoms with Crippen LogP contribution in [-0.4, -0.2) is 5.91 Å². The number of carbonyl (C=O) groups excluding carboxylic acids is 1. The van der Waals surface area contributed by atoms with Gasteiger partial charge in [-0.3, -0.25) is 4.79 Å². The molecule has 0 bridgehead atoms. The quantitative estimate of drug-likeness (QED) is 0.897. The molecule has 0 aliphatic heterocycles. The maximum Gasteiger partial charge on any atom is 0.251 e. The summed E-state index contributed by atoms with van der Waals surface area (Å²) >= 11 is 0. The standard InChI is InChI=1S/C20H26N2O/c1-14-6-5-7-17(12-14)18(20(2,3)4)22-19(23)16-10-8-15(13-21)9-11-16/h5-12,18H,13,21H2,1-4H3,(H,22,23). The third-order valence-electron chi connectivity index (χ3n) is 3.97. The van der Waals surface area contributed by atoms with Gasteiger partial charge < -0.3 is 11.1 Å². The van der Waals surface area contributed by atoms with Crippen LogP contribution in [0.5, 0.6) is 0 Å². The second-order valence-electron chi connectivity index (χ2n) is 7.09. The lowest BCUT2D eigenvalue weighted by Gasteiger charge is -2.32. The van der Waals surface area contributed by atoms with Crippen molar-refractivity contribution < 1.29 is 4.79 Å². The molecule has 2 aromatic rings. The number of nitrogens with two attached hydrogens (primary N) is 1. The molecule has 2 aromatic carbocycles. The first kappa shape index (κ1) is 17.2. The van der Waals surface area contributed by atoms with Crippen molar-refractivity contribution in [3.05, 3.63) is 70.8 Å². The molecule has 0 aromatic heterocycles. The predicted molar refractivity (Wildman–Crippen MR) is 95.2 cm³/mol. The highest BCUT2D eigenvalue weighted by molar-refractivity contribution is 5.94. The van der Waals surface area contributed by atoms with Crippen molar-refractivity contribution in [3.63, 3.8) is 0 Å². The lowest BCUT2D eigenvalue weighted by molar-refractivity contribution is 0.0901. The van der Waals surface area contributed by atoms with Gasteiger partial charge in [-0.1, -0.05) is 62.7 Å². The normalized spacial score (nSPS) is 12.7. The minimum atomic E-state index is -0.0827. The number of carbonyl (C=O) groups is 1. The van der Waals surface area contributed by atoms with E-state index in [0.717, 1.165) is 11.1 Å². The molecule has 0 heterocycles. The van der Waals surface area contributed by atoms with E-state index in [1.807, 2.05) is 30.3 Å². The maximum absolute atomic E-state index is 12.6. The minimum Gasteiger partial charge on any atom is -0.345 e. The highest BCUT2D eigenvalue weighted by Crippen LogP contribution is 2.33. The van der Waals surface area contributed by atoms with Crippen LogP contribution in [0.25, 0.3) is 0 Å². The SMILES string of the molecule is Cc1cccc(C(NC(=O)c2ccc(CN)cc2)C(C)(C)C)c1. The third-order valence-corrected chi connectivity index (χ3v) is 3.97. The maximum atomic E-state index is 12.6. The van der Waals surface area contributed by atoms with Crippen LogP contribution in [0.1, 0.15) is 53.9 Å². The Morgan fingerprint density at radius 2 is 1.78 bits per heavy atom. The average Bonchev–Trinajstić information content (AvgIpc) is 2.51. The third kappa shape index (κ3) is 4.42. The Balaban J connectivity index is 2.25. The summed E-state index contributed by atoms with van der Waals surface area (Å²) in [4.78, 5) is 12.6. The van der Waals surface area contributed by atoms with E-state index in [1.54, 1.807) is 0 Å². The second kappa shape index (κ2) is 6.97.